The number of hydrogen-bond acceptors (Lipinski definition) is 4. The number of anilines is 1. The molecule has 0 bridgehead atoms. The van der Waals surface area contributed by atoms with Crippen molar-refractivity contribution in [3.8, 4) is 0 Å². The Morgan fingerprint density at radius 1 is 1.20 bits per heavy atom. The Kier molecular flexibility index (Phi) is 4.49. The zero-order chi connectivity index (χ0) is 14.8. The van der Waals surface area contributed by atoms with Crippen molar-refractivity contribution < 1.29 is 13.5 Å². The van der Waals surface area contributed by atoms with E-state index < -0.39 is 10.0 Å². The van der Waals surface area contributed by atoms with Gasteiger partial charge in [0.2, 0.25) is 0 Å². The number of aromatic nitrogens is 1. The van der Waals surface area contributed by atoms with Gasteiger partial charge in [0.05, 0.1) is 22.3 Å². The third-order valence-corrected chi connectivity index (χ3v) is 4.55. The standard InChI is InChI=1S/C12H10Cl2N2O3S/c13-9-2-1-3-10(12(9)14)16-20(18,19)11-5-4-8(7-17)6-15-11/h1-6,16-17H,7H2. The molecule has 5 nitrogen and oxygen atoms in total. The van der Waals surface area contributed by atoms with Gasteiger partial charge in [0.25, 0.3) is 10.0 Å². The predicted octanol–water partition coefficient (Wildman–Crippen LogP) is 2.68. The molecule has 0 unspecified atom stereocenters. The van der Waals surface area contributed by atoms with Gasteiger partial charge in [0.1, 0.15) is 0 Å². The average Bonchev–Trinajstić information content (AvgIpc) is 2.44. The van der Waals surface area contributed by atoms with Crippen LogP contribution >= 0.6 is 23.2 Å². The number of benzene rings is 1. The van der Waals surface area contributed by atoms with Crippen molar-refractivity contribution >= 4 is 38.9 Å². The van der Waals surface area contributed by atoms with Crippen molar-refractivity contribution in [3.63, 3.8) is 0 Å². The second kappa shape index (κ2) is 5.97. The maximum atomic E-state index is 12.1. The maximum absolute atomic E-state index is 12.1. The Morgan fingerprint density at radius 3 is 2.55 bits per heavy atom. The molecular formula is C12H10Cl2N2O3S. The third kappa shape index (κ3) is 3.21. The van der Waals surface area contributed by atoms with Crippen LogP contribution in [0.3, 0.4) is 0 Å². The summed E-state index contributed by atoms with van der Waals surface area (Å²) in [4.78, 5) is 3.78. The summed E-state index contributed by atoms with van der Waals surface area (Å²) in [6.07, 6.45) is 1.29. The number of aliphatic hydroxyl groups excluding tert-OH is 1. The zero-order valence-corrected chi connectivity index (χ0v) is 12.4. The smallest absolute Gasteiger partial charge is 0.279 e. The van der Waals surface area contributed by atoms with Gasteiger partial charge in [0.15, 0.2) is 5.03 Å². The number of nitrogens with zero attached hydrogens (tertiary/aromatic N) is 1. The molecule has 0 atom stereocenters. The minimum Gasteiger partial charge on any atom is -0.392 e. The maximum Gasteiger partial charge on any atom is 0.279 e. The molecule has 0 radical (unpaired) electrons. The molecule has 1 aromatic carbocycles. The van der Waals surface area contributed by atoms with E-state index in [0.717, 1.165) is 0 Å². The van der Waals surface area contributed by atoms with Crippen molar-refractivity contribution in [2.45, 2.75) is 11.6 Å². The molecule has 0 spiro atoms. The number of sulfonamides is 1. The van der Waals surface area contributed by atoms with Crippen molar-refractivity contribution in [1.29, 1.82) is 0 Å². The highest BCUT2D eigenvalue weighted by Gasteiger charge is 2.17. The third-order valence-electron chi connectivity index (χ3n) is 2.45. The molecule has 8 heteroatoms. The molecule has 2 aromatic rings. The minimum atomic E-state index is -3.86. The van der Waals surface area contributed by atoms with Gasteiger partial charge in [-0.2, -0.15) is 8.42 Å². The summed E-state index contributed by atoms with van der Waals surface area (Å²) in [5.41, 5.74) is 0.692. The predicted molar refractivity (Wildman–Crippen MR) is 77.4 cm³/mol. The van der Waals surface area contributed by atoms with Crippen LogP contribution in [0.15, 0.2) is 41.6 Å². The first kappa shape index (κ1) is 15.1. The van der Waals surface area contributed by atoms with Crippen LogP contribution in [0.2, 0.25) is 10.0 Å². The number of hydrogen-bond donors (Lipinski definition) is 2. The summed E-state index contributed by atoms with van der Waals surface area (Å²) >= 11 is 11.7. The molecular weight excluding hydrogens is 323 g/mol. The van der Waals surface area contributed by atoms with Gasteiger partial charge in [-0.3, -0.25) is 4.72 Å². The number of aliphatic hydroxyl groups is 1. The van der Waals surface area contributed by atoms with E-state index in [4.69, 9.17) is 28.3 Å². The Hall–Kier alpha value is -1.34. The first-order chi connectivity index (χ1) is 9.44. The molecule has 0 amide bonds. The number of pyridine rings is 1. The Labute approximate surface area is 126 Å². The largest absolute Gasteiger partial charge is 0.392 e. The molecule has 1 aromatic heterocycles. The Balaban J connectivity index is 2.33. The van der Waals surface area contributed by atoms with Crippen molar-refractivity contribution in [1.82, 2.24) is 4.98 Å². The van der Waals surface area contributed by atoms with Gasteiger partial charge in [-0.25, -0.2) is 4.98 Å². The monoisotopic (exact) mass is 332 g/mol. The number of nitrogens with one attached hydrogen (secondary N) is 1. The highest BCUT2D eigenvalue weighted by molar-refractivity contribution is 7.92. The topological polar surface area (TPSA) is 79.3 Å². The van der Waals surface area contributed by atoms with Crippen molar-refractivity contribution in [3.05, 3.63) is 52.1 Å². The van der Waals surface area contributed by atoms with Crippen LogP contribution < -0.4 is 4.72 Å². The van der Waals surface area contributed by atoms with Crippen molar-refractivity contribution in [2.75, 3.05) is 4.72 Å². The fourth-order valence-electron chi connectivity index (χ4n) is 1.44. The molecule has 2 N–H and O–H groups in total. The van der Waals surface area contributed by atoms with Crippen LogP contribution in [-0.2, 0) is 16.6 Å². The van der Waals surface area contributed by atoms with E-state index in [1.807, 2.05) is 0 Å². The lowest BCUT2D eigenvalue weighted by molar-refractivity contribution is 0.281. The lowest BCUT2D eigenvalue weighted by Crippen LogP contribution is -2.14. The molecule has 0 aliphatic carbocycles. The molecule has 0 aliphatic rings. The van der Waals surface area contributed by atoms with Gasteiger partial charge in [-0.1, -0.05) is 35.3 Å². The normalized spacial score (nSPS) is 11.3. The summed E-state index contributed by atoms with van der Waals surface area (Å²) in [7, 11) is -3.86. The summed E-state index contributed by atoms with van der Waals surface area (Å²) < 4.78 is 26.6. The van der Waals surface area contributed by atoms with E-state index in [-0.39, 0.29) is 27.4 Å². The highest BCUT2D eigenvalue weighted by atomic mass is 35.5. The van der Waals surface area contributed by atoms with Crippen molar-refractivity contribution in [2.24, 2.45) is 0 Å². The van der Waals surface area contributed by atoms with Crippen LogP contribution in [0.25, 0.3) is 0 Å². The van der Waals surface area contributed by atoms with Crippen LogP contribution in [-0.4, -0.2) is 18.5 Å². The average molecular weight is 333 g/mol. The molecule has 2 rings (SSSR count). The summed E-state index contributed by atoms with van der Waals surface area (Å²) in [6.45, 7) is -0.207. The molecule has 0 saturated heterocycles. The first-order valence-corrected chi connectivity index (χ1v) is 7.70. The second-order valence-corrected chi connectivity index (χ2v) is 6.28. The minimum absolute atomic E-state index is 0.115. The van der Waals surface area contributed by atoms with Gasteiger partial charge < -0.3 is 5.11 Å². The van der Waals surface area contributed by atoms with E-state index >= 15 is 0 Å². The van der Waals surface area contributed by atoms with Crippen LogP contribution in [0, 0.1) is 0 Å². The highest BCUT2D eigenvalue weighted by Crippen LogP contribution is 2.30. The van der Waals surface area contributed by atoms with Crippen LogP contribution in [0.1, 0.15) is 5.56 Å². The quantitative estimate of drug-likeness (QED) is 0.902. The van der Waals surface area contributed by atoms with E-state index in [2.05, 4.69) is 9.71 Å². The number of rotatable bonds is 4. The van der Waals surface area contributed by atoms with E-state index in [9.17, 15) is 8.42 Å². The molecule has 1 heterocycles. The summed E-state index contributed by atoms with van der Waals surface area (Å²) in [5.74, 6) is 0. The molecule has 20 heavy (non-hydrogen) atoms. The number of halogens is 2. The summed E-state index contributed by atoms with van der Waals surface area (Å²) in [5, 5.41) is 9.08. The SMILES string of the molecule is O=S(=O)(Nc1cccc(Cl)c1Cl)c1ccc(CO)cn1. The van der Waals surface area contributed by atoms with Gasteiger partial charge in [0, 0.05) is 6.20 Å². The van der Waals surface area contributed by atoms with E-state index in [1.54, 1.807) is 12.1 Å². The molecule has 0 fully saturated rings. The Bertz CT molecular complexity index is 718. The van der Waals surface area contributed by atoms with E-state index in [1.165, 1.54) is 24.4 Å². The van der Waals surface area contributed by atoms with Gasteiger partial charge in [-0.05, 0) is 23.8 Å². The van der Waals surface area contributed by atoms with Crippen LogP contribution in [0.5, 0.6) is 0 Å². The lowest BCUT2D eigenvalue weighted by Gasteiger charge is -2.09. The van der Waals surface area contributed by atoms with Crippen LogP contribution in [0.4, 0.5) is 5.69 Å². The van der Waals surface area contributed by atoms with Gasteiger partial charge >= 0.3 is 0 Å². The fraction of sp³-hybridized carbons (Fsp3) is 0.0833. The fourth-order valence-corrected chi connectivity index (χ4v) is 2.85. The first-order valence-electron chi connectivity index (χ1n) is 5.46. The second-order valence-electron chi connectivity index (χ2n) is 3.87. The molecule has 0 aliphatic heterocycles. The zero-order valence-electron chi connectivity index (χ0n) is 10.0. The van der Waals surface area contributed by atoms with Gasteiger partial charge in [-0.15, -0.1) is 0 Å². The van der Waals surface area contributed by atoms with E-state index in [0.29, 0.717) is 5.56 Å². The summed E-state index contributed by atoms with van der Waals surface area (Å²) in [6, 6.07) is 7.39. The Morgan fingerprint density at radius 2 is 1.95 bits per heavy atom. The lowest BCUT2D eigenvalue weighted by atomic mass is 10.3. The molecule has 106 valence electrons. The molecule has 0 saturated carbocycles.